The summed E-state index contributed by atoms with van der Waals surface area (Å²) in [6.45, 7) is 0.141. The highest BCUT2D eigenvalue weighted by Crippen LogP contribution is 2.21. The summed E-state index contributed by atoms with van der Waals surface area (Å²) in [6.07, 6.45) is 1.57. The van der Waals surface area contributed by atoms with Crippen molar-refractivity contribution in [3.63, 3.8) is 0 Å². The number of para-hydroxylation sites is 1. The average molecular weight is 544 g/mol. The zero-order valence-corrected chi connectivity index (χ0v) is 21.2. The van der Waals surface area contributed by atoms with Gasteiger partial charge in [-0.2, -0.15) is 0 Å². The van der Waals surface area contributed by atoms with Crippen LogP contribution in [0.2, 0.25) is 0 Å². The number of fused-ring (bicyclic) bond motifs is 1. The predicted molar refractivity (Wildman–Crippen MR) is 138 cm³/mol. The third-order valence-corrected chi connectivity index (χ3v) is 6.60. The van der Waals surface area contributed by atoms with Crippen molar-refractivity contribution >= 4 is 46.4 Å². The highest BCUT2D eigenvalue weighted by Gasteiger charge is 2.39. The molecule has 210 valence electrons. The van der Waals surface area contributed by atoms with Gasteiger partial charge >= 0.3 is 5.97 Å². The number of nitrogens with zero attached hydrogens (tertiary/aromatic N) is 1. The first kappa shape index (κ1) is 29.1. The molecular weight excluding hydrogens is 510 g/mol. The molecule has 39 heavy (non-hydrogen) atoms. The van der Waals surface area contributed by atoms with Crippen molar-refractivity contribution in [2.45, 2.75) is 62.7 Å². The number of carbonyl (C=O) groups excluding carboxylic acids is 5. The lowest BCUT2D eigenvalue weighted by molar-refractivity contribution is -0.145. The monoisotopic (exact) mass is 543 g/mol. The first-order chi connectivity index (χ1) is 18.5. The third kappa shape index (κ3) is 7.54. The SMILES string of the molecule is NC(=O)CCC(NC(=O)C1CCCN1C(=O)C(CC(N)=O)NC(=O)C(N)Cc1c[nH]c2ccccc12)C(=O)O. The second-order valence-corrected chi connectivity index (χ2v) is 9.50. The minimum Gasteiger partial charge on any atom is -0.480 e. The lowest BCUT2D eigenvalue weighted by atomic mass is 10.0. The molecule has 1 aromatic carbocycles. The van der Waals surface area contributed by atoms with Crippen LogP contribution in [0.15, 0.2) is 30.5 Å². The number of carboxylic acids is 1. The standard InChI is InChI=1S/C25H33N7O7/c26-15(10-13-12-29-16-5-2-1-4-14(13)16)22(35)31-18(11-21(28)34)24(37)32-9-3-6-19(32)23(36)30-17(25(38)39)7-8-20(27)33/h1-2,4-5,12,15,17-19,29H,3,6-11,26H2,(H2,27,33)(H2,28,34)(H,30,36)(H,31,35)(H,38,39). The largest absolute Gasteiger partial charge is 0.480 e. The fraction of sp³-hybridized carbons (Fsp3) is 0.440. The number of carboxylic acid groups (broad SMARTS) is 1. The fourth-order valence-electron chi connectivity index (χ4n) is 4.63. The van der Waals surface area contributed by atoms with Crippen molar-refractivity contribution in [1.82, 2.24) is 20.5 Å². The fourth-order valence-corrected chi connectivity index (χ4v) is 4.63. The molecule has 2 heterocycles. The van der Waals surface area contributed by atoms with Crippen LogP contribution < -0.4 is 27.8 Å². The van der Waals surface area contributed by atoms with Gasteiger partial charge in [0.2, 0.25) is 29.5 Å². The van der Waals surface area contributed by atoms with E-state index >= 15 is 0 Å². The number of primary amides is 2. The summed E-state index contributed by atoms with van der Waals surface area (Å²) in [5, 5.41) is 15.1. The Hall–Kier alpha value is -4.46. The maximum atomic E-state index is 13.4. The molecule has 0 radical (unpaired) electrons. The Kier molecular flexibility index (Phi) is 9.60. The first-order valence-electron chi connectivity index (χ1n) is 12.5. The van der Waals surface area contributed by atoms with E-state index in [1.165, 1.54) is 4.90 Å². The Morgan fingerprint density at radius 1 is 1.05 bits per heavy atom. The van der Waals surface area contributed by atoms with Crippen LogP contribution in [0.3, 0.4) is 0 Å². The van der Waals surface area contributed by atoms with E-state index in [1.807, 2.05) is 24.3 Å². The van der Waals surface area contributed by atoms with Crippen molar-refractivity contribution in [3.8, 4) is 0 Å². The van der Waals surface area contributed by atoms with Gasteiger partial charge in [-0.25, -0.2) is 4.79 Å². The van der Waals surface area contributed by atoms with Gasteiger partial charge in [-0.1, -0.05) is 18.2 Å². The number of aromatic nitrogens is 1. The molecule has 1 saturated heterocycles. The highest BCUT2D eigenvalue weighted by atomic mass is 16.4. The van der Waals surface area contributed by atoms with E-state index in [1.54, 1.807) is 6.20 Å². The van der Waals surface area contributed by atoms with Gasteiger partial charge in [-0.3, -0.25) is 24.0 Å². The number of nitrogens with two attached hydrogens (primary N) is 3. The smallest absolute Gasteiger partial charge is 0.326 e. The molecule has 14 nitrogen and oxygen atoms in total. The molecule has 0 aliphatic carbocycles. The molecule has 1 fully saturated rings. The summed E-state index contributed by atoms with van der Waals surface area (Å²) in [4.78, 5) is 77.8. The molecule has 1 aliphatic heterocycles. The van der Waals surface area contributed by atoms with Crippen molar-refractivity contribution in [2.75, 3.05) is 6.54 Å². The first-order valence-corrected chi connectivity index (χ1v) is 12.5. The molecule has 4 atom stereocenters. The number of amides is 5. The maximum absolute atomic E-state index is 13.4. The van der Waals surface area contributed by atoms with Gasteiger partial charge in [0.15, 0.2) is 0 Å². The van der Waals surface area contributed by atoms with E-state index < -0.39 is 66.1 Å². The number of nitrogens with one attached hydrogen (secondary N) is 3. The number of aromatic amines is 1. The van der Waals surface area contributed by atoms with E-state index in [0.717, 1.165) is 16.5 Å². The van der Waals surface area contributed by atoms with Gasteiger partial charge in [0.05, 0.1) is 12.5 Å². The summed E-state index contributed by atoms with van der Waals surface area (Å²) < 4.78 is 0. The number of hydrogen-bond acceptors (Lipinski definition) is 7. The van der Waals surface area contributed by atoms with Gasteiger partial charge in [-0.15, -0.1) is 0 Å². The van der Waals surface area contributed by atoms with Gasteiger partial charge < -0.3 is 42.8 Å². The number of carbonyl (C=O) groups is 6. The molecule has 10 N–H and O–H groups in total. The van der Waals surface area contributed by atoms with Crippen LogP contribution in [0.5, 0.6) is 0 Å². The van der Waals surface area contributed by atoms with Crippen molar-refractivity contribution in [3.05, 3.63) is 36.0 Å². The maximum Gasteiger partial charge on any atom is 0.326 e. The van der Waals surface area contributed by atoms with Crippen molar-refractivity contribution < 1.29 is 33.9 Å². The second kappa shape index (κ2) is 12.9. The zero-order valence-electron chi connectivity index (χ0n) is 21.2. The molecule has 1 aliphatic rings. The predicted octanol–water partition coefficient (Wildman–Crippen LogP) is -1.78. The number of rotatable bonds is 13. The topological polar surface area (TPSA) is 244 Å². The van der Waals surface area contributed by atoms with E-state index in [0.29, 0.717) is 6.42 Å². The quantitative estimate of drug-likeness (QED) is 0.152. The number of likely N-dealkylation sites (tertiary alicyclic amines) is 1. The Bertz CT molecular complexity index is 1260. The average Bonchev–Trinajstić information content (AvgIpc) is 3.53. The van der Waals surface area contributed by atoms with Gasteiger partial charge in [0.25, 0.3) is 0 Å². The van der Waals surface area contributed by atoms with Crippen LogP contribution in [0.4, 0.5) is 0 Å². The molecule has 2 aromatic rings. The van der Waals surface area contributed by atoms with Crippen molar-refractivity contribution in [1.29, 1.82) is 0 Å². The lowest BCUT2D eigenvalue weighted by Crippen LogP contribution is -2.57. The second-order valence-electron chi connectivity index (χ2n) is 9.50. The van der Waals surface area contributed by atoms with E-state index in [9.17, 15) is 33.9 Å². The summed E-state index contributed by atoms with van der Waals surface area (Å²) in [5.41, 5.74) is 18.2. The number of hydrogen-bond donors (Lipinski definition) is 7. The molecule has 1 aromatic heterocycles. The van der Waals surface area contributed by atoms with Gasteiger partial charge in [-0.05, 0) is 37.3 Å². The molecule has 0 bridgehead atoms. The number of H-pyrrole nitrogens is 1. The summed E-state index contributed by atoms with van der Waals surface area (Å²) >= 11 is 0. The van der Waals surface area contributed by atoms with Gasteiger partial charge in [0.1, 0.15) is 18.1 Å². The Morgan fingerprint density at radius 3 is 2.44 bits per heavy atom. The number of aliphatic carboxylic acids is 1. The summed E-state index contributed by atoms with van der Waals surface area (Å²) in [5.74, 6) is -5.07. The van der Waals surface area contributed by atoms with E-state index in [2.05, 4.69) is 15.6 Å². The van der Waals surface area contributed by atoms with E-state index in [-0.39, 0.29) is 32.2 Å². The molecule has 4 unspecified atom stereocenters. The Labute approximate surface area is 223 Å². The molecule has 0 spiro atoms. The van der Waals surface area contributed by atoms with Crippen LogP contribution in [0, 0.1) is 0 Å². The molecule has 3 rings (SSSR count). The minimum absolute atomic E-state index is 0.141. The van der Waals surface area contributed by atoms with Crippen LogP contribution >= 0.6 is 0 Å². The Morgan fingerprint density at radius 2 is 1.77 bits per heavy atom. The third-order valence-electron chi connectivity index (χ3n) is 6.60. The van der Waals surface area contributed by atoms with E-state index in [4.69, 9.17) is 17.2 Å². The molecule has 0 saturated carbocycles. The van der Waals surface area contributed by atoms with Crippen LogP contribution in [0.25, 0.3) is 10.9 Å². The van der Waals surface area contributed by atoms with Crippen LogP contribution in [-0.4, -0.2) is 81.2 Å². The minimum atomic E-state index is -1.38. The normalized spacial score (nSPS) is 17.3. The van der Waals surface area contributed by atoms with Crippen LogP contribution in [0.1, 0.15) is 37.7 Å². The van der Waals surface area contributed by atoms with Crippen molar-refractivity contribution in [2.24, 2.45) is 17.2 Å². The van der Waals surface area contributed by atoms with Crippen LogP contribution in [-0.2, 0) is 35.2 Å². The summed E-state index contributed by atoms with van der Waals surface area (Å²) in [7, 11) is 0. The molecular formula is C25H33N7O7. The summed E-state index contributed by atoms with van der Waals surface area (Å²) in [6, 6.07) is 2.63. The van der Waals surface area contributed by atoms with Gasteiger partial charge in [0, 0.05) is 30.1 Å². The number of benzene rings is 1. The Balaban J connectivity index is 1.69. The molecule has 5 amide bonds. The zero-order chi connectivity index (χ0) is 28.7. The molecule has 14 heteroatoms. The highest BCUT2D eigenvalue weighted by molar-refractivity contribution is 5.96. The lowest BCUT2D eigenvalue weighted by Gasteiger charge is -2.29.